The van der Waals surface area contributed by atoms with Crippen LogP contribution in [0.4, 0.5) is 0 Å². The number of hydrogen-bond acceptors (Lipinski definition) is 6. The Morgan fingerprint density at radius 2 is 1.64 bits per heavy atom. The van der Waals surface area contributed by atoms with Gasteiger partial charge in [-0.1, -0.05) is 73.7 Å². The molecule has 3 rings (SSSR count). The third-order valence-corrected chi connectivity index (χ3v) is 5.06. The monoisotopic (exact) mass is 536 g/mol. The molecule has 0 aliphatic rings. The number of halogens is 2. The third-order valence-electron chi connectivity index (χ3n) is 4.75. The lowest BCUT2D eigenvalue weighted by Crippen LogP contribution is -2.02. The van der Waals surface area contributed by atoms with Crippen molar-refractivity contribution in [3.8, 4) is 28.6 Å². The second-order valence-corrected chi connectivity index (χ2v) is 8.37. The van der Waals surface area contributed by atoms with E-state index in [1.165, 1.54) is 5.56 Å². The van der Waals surface area contributed by atoms with E-state index in [2.05, 4.69) is 43.0 Å². The number of benzene rings is 2. The first-order valence-electron chi connectivity index (χ1n) is 12.2. The molecule has 0 aliphatic carbocycles. The maximum atomic E-state index is 5.99. The Labute approximate surface area is 225 Å². The predicted octanol–water partition coefficient (Wildman–Crippen LogP) is 8.43. The van der Waals surface area contributed by atoms with Crippen LogP contribution in [0.2, 0.25) is 0 Å². The first-order chi connectivity index (χ1) is 17.4. The Bertz CT molecular complexity index is 1070. The highest BCUT2D eigenvalue weighted by Crippen LogP contribution is 2.32. The maximum Gasteiger partial charge on any atom is 0.227 e. The molecule has 3 aromatic rings. The summed E-state index contributed by atoms with van der Waals surface area (Å²) in [4.78, 5) is 4.51. The van der Waals surface area contributed by atoms with Gasteiger partial charge in [-0.05, 0) is 62.6 Å². The summed E-state index contributed by atoms with van der Waals surface area (Å²) in [6.45, 7) is 15.0. The minimum atomic E-state index is 0.151. The van der Waals surface area contributed by atoms with Gasteiger partial charge in [0.05, 0.1) is 19.3 Å². The number of aryl methyl sites for hydroxylation is 4. The van der Waals surface area contributed by atoms with Crippen molar-refractivity contribution in [1.29, 1.82) is 0 Å². The van der Waals surface area contributed by atoms with Gasteiger partial charge in [-0.25, -0.2) is 0 Å². The summed E-state index contributed by atoms with van der Waals surface area (Å²) < 4.78 is 22.6. The van der Waals surface area contributed by atoms with E-state index in [4.69, 9.17) is 41.9 Å². The molecule has 0 spiro atoms. The minimum absolute atomic E-state index is 0.151. The van der Waals surface area contributed by atoms with Crippen LogP contribution in [0.25, 0.3) is 11.4 Å². The zero-order valence-electron chi connectivity index (χ0n) is 22.6. The molecule has 8 heteroatoms. The zero-order chi connectivity index (χ0) is 27.1. The summed E-state index contributed by atoms with van der Waals surface area (Å²) >= 11 is 11.2. The second-order valence-electron chi connectivity index (χ2n) is 7.36. The molecule has 1 aromatic heterocycles. The van der Waals surface area contributed by atoms with Gasteiger partial charge >= 0.3 is 0 Å². The molecule has 0 fully saturated rings. The van der Waals surface area contributed by atoms with Crippen LogP contribution in [0.5, 0.6) is 17.2 Å². The number of nitrogens with zero attached hydrogens (tertiary/aromatic N) is 2. The largest absolute Gasteiger partial charge is 0.496 e. The van der Waals surface area contributed by atoms with E-state index < -0.39 is 0 Å². The van der Waals surface area contributed by atoms with Crippen molar-refractivity contribution in [2.24, 2.45) is 0 Å². The van der Waals surface area contributed by atoms with Crippen LogP contribution in [-0.2, 0) is 6.42 Å². The molecule has 0 amide bonds. The van der Waals surface area contributed by atoms with E-state index in [-0.39, 0.29) is 11.1 Å². The molecule has 0 saturated carbocycles. The highest BCUT2D eigenvalue weighted by atomic mass is 35.5. The molecule has 6 nitrogen and oxygen atoms in total. The van der Waals surface area contributed by atoms with Gasteiger partial charge in [0.1, 0.15) is 28.3 Å². The Morgan fingerprint density at radius 1 is 0.972 bits per heavy atom. The van der Waals surface area contributed by atoms with E-state index in [1.807, 2.05) is 27.7 Å². The van der Waals surface area contributed by atoms with E-state index in [0.717, 1.165) is 23.3 Å². The molecule has 1 heterocycles. The molecule has 2 aromatic carbocycles. The Hall–Kier alpha value is -2.70. The number of ether oxygens (including phenoxy) is 3. The average molecular weight is 538 g/mol. The van der Waals surface area contributed by atoms with Gasteiger partial charge < -0.3 is 18.7 Å². The molecule has 198 valence electrons. The van der Waals surface area contributed by atoms with E-state index in [9.17, 15) is 0 Å². The number of rotatable bonds is 10. The molecule has 0 unspecified atom stereocenters. The van der Waals surface area contributed by atoms with Crippen LogP contribution in [0.1, 0.15) is 56.7 Å². The normalized spacial score (nSPS) is 9.83. The zero-order valence-corrected chi connectivity index (χ0v) is 24.1. The standard InChI is InChI=1S/C24H26Cl2N2O4.2C2H6/c1-15-12-16(2)23(17(3)13-15)31-10-5-6-22-27-24(28-32-22)19-14-18(7-8-20(19)29-4)30-11-9-21(25)26;2*1-2/h7-9,12-14H,5-6,10-11H2,1-4H3;2*1-2H3. The number of hydrogen-bond donors (Lipinski definition) is 0. The molecular weight excluding hydrogens is 499 g/mol. The highest BCUT2D eigenvalue weighted by Gasteiger charge is 2.15. The predicted molar refractivity (Wildman–Crippen MR) is 149 cm³/mol. The van der Waals surface area contributed by atoms with Gasteiger partial charge in [-0.15, -0.1) is 0 Å². The molecule has 0 atom stereocenters. The van der Waals surface area contributed by atoms with Gasteiger partial charge in [0.15, 0.2) is 0 Å². The van der Waals surface area contributed by atoms with Crippen LogP contribution in [0.15, 0.2) is 45.4 Å². The third kappa shape index (κ3) is 9.75. The first-order valence-corrected chi connectivity index (χ1v) is 13.0. The lowest BCUT2D eigenvalue weighted by molar-refractivity contribution is 0.295. The summed E-state index contributed by atoms with van der Waals surface area (Å²) in [5.41, 5.74) is 4.18. The lowest BCUT2D eigenvalue weighted by Gasteiger charge is -2.12. The summed E-state index contributed by atoms with van der Waals surface area (Å²) in [5.74, 6) is 3.12. The second kappa shape index (κ2) is 16.9. The van der Waals surface area contributed by atoms with Gasteiger partial charge in [0.25, 0.3) is 0 Å². The van der Waals surface area contributed by atoms with E-state index in [1.54, 1.807) is 31.4 Å². The average Bonchev–Trinajstić information content (AvgIpc) is 3.34. The fourth-order valence-electron chi connectivity index (χ4n) is 3.41. The molecule has 0 saturated heterocycles. The fourth-order valence-corrected chi connectivity index (χ4v) is 3.54. The van der Waals surface area contributed by atoms with Crippen LogP contribution >= 0.6 is 23.2 Å². The summed E-state index contributed by atoms with van der Waals surface area (Å²) in [6, 6.07) is 9.60. The molecule has 0 radical (unpaired) electrons. The van der Waals surface area contributed by atoms with Gasteiger partial charge in [0, 0.05) is 6.42 Å². The van der Waals surface area contributed by atoms with Crippen molar-refractivity contribution < 1.29 is 18.7 Å². The van der Waals surface area contributed by atoms with E-state index in [0.29, 0.717) is 41.8 Å². The van der Waals surface area contributed by atoms with Gasteiger partial charge in [0.2, 0.25) is 11.7 Å². The summed E-state index contributed by atoms with van der Waals surface area (Å²) in [7, 11) is 1.59. The van der Waals surface area contributed by atoms with Crippen LogP contribution < -0.4 is 14.2 Å². The first kappa shape index (κ1) is 31.3. The number of methoxy groups -OCH3 is 1. The van der Waals surface area contributed by atoms with Crippen molar-refractivity contribution in [3.63, 3.8) is 0 Å². The minimum Gasteiger partial charge on any atom is -0.496 e. The summed E-state index contributed by atoms with van der Waals surface area (Å²) in [5, 5.41) is 4.10. The molecular formula is C28H38Cl2N2O4. The highest BCUT2D eigenvalue weighted by molar-refractivity contribution is 6.55. The lowest BCUT2D eigenvalue weighted by atomic mass is 10.1. The fraction of sp³-hybridized carbons (Fsp3) is 0.429. The number of aromatic nitrogens is 2. The molecule has 36 heavy (non-hydrogen) atoms. The molecule has 0 N–H and O–H groups in total. The molecule has 0 bridgehead atoms. The maximum absolute atomic E-state index is 5.99. The van der Waals surface area contributed by atoms with Gasteiger partial charge in [-0.3, -0.25) is 0 Å². The molecule has 0 aliphatic heterocycles. The Morgan fingerprint density at radius 3 is 2.25 bits per heavy atom. The van der Waals surface area contributed by atoms with Crippen LogP contribution in [0, 0.1) is 20.8 Å². The quantitative estimate of drug-likeness (QED) is 0.242. The van der Waals surface area contributed by atoms with Crippen LogP contribution in [-0.4, -0.2) is 30.5 Å². The van der Waals surface area contributed by atoms with Crippen LogP contribution in [0.3, 0.4) is 0 Å². The Kier molecular flexibility index (Phi) is 14.7. The van der Waals surface area contributed by atoms with E-state index >= 15 is 0 Å². The van der Waals surface area contributed by atoms with Crippen molar-refractivity contribution in [2.45, 2.75) is 61.3 Å². The van der Waals surface area contributed by atoms with Crippen molar-refractivity contribution in [2.75, 3.05) is 20.3 Å². The van der Waals surface area contributed by atoms with Crippen molar-refractivity contribution in [3.05, 3.63) is 63.5 Å². The summed E-state index contributed by atoms with van der Waals surface area (Å²) in [6.07, 6.45) is 2.91. The SMILES string of the molecule is CC.CC.COc1ccc(OCC=C(Cl)Cl)cc1-c1noc(CCCOc2c(C)cc(C)cc2C)n1. The van der Waals surface area contributed by atoms with Crippen molar-refractivity contribution in [1.82, 2.24) is 10.1 Å². The topological polar surface area (TPSA) is 66.6 Å². The smallest absolute Gasteiger partial charge is 0.227 e. The van der Waals surface area contributed by atoms with Crippen molar-refractivity contribution >= 4 is 23.2 Å². The van der Waals surface area contributed by atoms with Gasteiger partial charge in [-0.2, -0.15) is 4.98 Å². The Balaban J connectivity index is 0.00000154.